The zero-order valence-corrected chi connectivity index (χ0v) is 17.8. The molecule has 3 aromatic rings. The van der Waals surface area contributed by atoms with Gasteiger partial charge in [-0.2, -0.15) is 0 Å². The molecular weight excluding hydrogens is 392 g/mol. The number of rotatable bonds is 5. The molecule has 1 atom stereocenters. The summed E-state index contributed by atoms with van der Waals surface area (Å²) < 4.78 is 5.21. The molecule has 0 amide bonds. The number of hydrogen-bond donors (Lipinski definition) is 1. The maximum atomic E-state index is 11.7. The normalized spacial score (nSPS) is 20.6. The summed E-state index contributed by atoms with van der Waals surface area (Å²) in [5.41, 5.74) is 2.41. The van der Waals surface area contributed by atoms with Gasteiger partial charge in [-0.05, 0) is 49.4 Å². The van der Waals surface area contributed by atoms with Gasteiger partial charge in [-0.1, -0.05) is 48.5 Å². The summed E-state index contributed by atoms with van der Waals surface area (Å²) in [6.45, 7) is 1.97. The Kier molecular flexibility index (Phi) is 5.93. The Balaban J connectivity index is 1.71. The van der Waals surface area contributed by atoms with E-state index in [4.69, 9.17) is 9.73 Å². The highest BCUT2D eigenvalue weighted by Crippen LogP contribution is 2.47. The van der Waals surface area contributed by atoms with E-state index in [0.717, 1.165) is 33.4 Å². The fourth-order valence-electron chi connectivity index (χ4n) is 3.50. The molecule has 1 heterocycles. The fraction of sp³-hybridized carbons (Fsp3) is 0.160. The molecule has 4 nitrogen and oxygen atoms in total. The lowest BCUT2D eigenvalue weighted by Crippen LogP contribution is -2.42. The third-order valence-corrected chi connectivity index (χ3v) is 6.12. The average molecular weight is 417 g/mol. The molecule has 0 radical (unpaired) electrons. The predicted molar refractivity (Wildman–Crippen MR) is 126 cm³/mol. The van der Waals surface area contributed by atoms with Crippen LogP contribution in [0.5, 0.6) is 5.75 Å². The molecule has 5 heteroatoms. The van der Waals surface area contributed by atoms with E-state index in [0.29, 0.717) is 5.75 Å². The number of para-hydroxylation sites is 1. The lowest BCUT2D eigenvalue weighted by molar-refractivity contribution is 0.0721. The van der Waals surface area contributed by atoms with E-state index >= 15 is 0 Å². The molecule has 0 aromatic heterocycles. The molecule has 1 saturated heterocycles. The van der Waals surface area contributed by atoms with Crippen molar-refractivity contribution in [2.45, 2.75) is 12.6 Å². The summed E-state index contributed by atoms with van der Waals surface area (Å²) >= 11 is 1.63. The third kappa shape index (κ3) is 4.13. The number of hydrogen-bond acceptors (Lipinski definition) is 5. The van der Waals surface area contributed by atoms with Crippen LogP contribution in [0.3, 0.4) is 0 Å². The van der Waals surface area contributed by atoms with Gasteiger partial charge in [0, 0.05) is 17.0 Å². The number of aliphatic hydroxyl groups is 1. The number of ether oxygens (including phenoxy) is 1. The monoisotopic (exact) mass is 416 g/mol. The van der Waals surface area contributed by atoms with Crippen molar-refractivity contribution in [2.75, 3.05) is 17.8 Å². The molecule has 30 heavy (non-hydrogen) atoms. The first kappa shape index (κ1) is 20.3. The third-order valence-electron chi connectivity index (χ3n) is 4.97. The minimum Gasteiger partial charge on any atom is -0.497 e. The molecule has 1 N–H and O–H groups in total. The molecule has 0 spiro atoms. The van der Waals surface area contributed by atoms with E-state index in [-0.39, 0.29) is 0 Å². The van der Waals surface area contributed by atoms with E-state index in [2.05, 4.69) is 0 Å². The van der Waals surface area contributed by atoms with Gasteiger partial charge in [-0.25, -0.2) is 0 Å². The molecule has 0 aliphatic carbocycles. The molecule has 0 saturated carbocycles. The second-order valence-electron chi connectivity index (χ2n) is 7.08. The topological polar surface area (TPSA) is 45.1 Å². The second-order valence-corrected chi connectivity index (χ2v) is 8.07. The zero-order chi connectivity index (χ0) is 21.0. The lowest BCUT2D eigenvalue weighted by atomic mass is 10.0. The SMILES string of the molecule is COc1ccc(N=C(C)/C=C2/SC[C@@](O)(c3ccccc3)N2c2ccccc2)cc1. The van der Waals surface area contributed by atoms with Gasteiger partial charge >= 0.3 is 0 Å². The number of methoxy groups -OCH3 is 1. The zero-order valence-electron chi connectivity index (χ0n) is 17.0. The predicted octanol–water partition coefficient (Wildman–Crippen LogP) is 5.73. The molecule has 0 bridgehead atoms. The van der Waals surface area contributed by atoms with Crippen molar-refractivity contribution in [3.8, 4) is 5.75 Å². The van der Waals surface area contributed by atoms with Crippen LogP contribution in [0.25, 0.3) is 0 Å². The molecule has 0 unspecified atom stereocenters. The second kappa shape index (κ2) is 8.78. The maximum absolute atomic E-state index is 11.7. The van der Waals surface area contributed by atoms with Crippen molar-refractivity contribution in [3.05, 3.63) is 102 Å². The standard InChI is InChI=1S/C25H24N2O2S/c1-19(26-21-13-15-23(29-2)16-14-21)17-24-27(22-11-7-4-8-12-22)25(28,18-30-24)20-9-5-3-6-10-20/h3-17,28H,18H2,1-2H3/b24-17+,26-19?/t25-/m1/s1. The molecule has 152 valence electrons. The largest absolute Gasteiger partial charge is 0.497 e. The highest BCUT2D eigenvalue weighted by molar-refractivity contribution is 8.03. The van der Waals surface area contributed by atoms with Crippen LogP contribution in [-0.4, -0.2) is 23.7 Å². The molecule has 1 aliphatic rings. The summed E-state index contributed by atoms with van der Waals surface area (Å²) in [6, 6.07) is 27.5. The number of thioether (sulfide) groups is 1. The van der Waals surface area contributed by atoms with Crippen molar-refractivity contribution < 1.29 is 9.84 Å². The number of aliphatic imine (C=N–C) groups is 1. The van der Waals surface area contributed by atoms with Crippen LogP contribution in [0.2, 0.25) is 0 Å². The first-order valence-corrected chi connectivity index (χ1v) is 10.8. The van der Waals surface area contributed by atoms with Gasteiger partial charge in [0.2, 0.25) is 0 Å². The van der Waals surface area contributed by atoms with Crippen LogP contribution < -0.4 is 9.64 Å². The first-order valence-electron chi connectivity index (χ1n) is 9.77. The van der Waals surface area contributed by atoms with Crippen molar-refractivity contribution >= 4 is 28.8 Å². The molecule has 1 aliphatic heterocycles. The van der Waals surface area contributed by atoms with Crippen molar-refractivity contribution in [1.82, 2.24) is 0 Å². The average Bonchev–Trinajstić information content (AvgIpc) is 3.12. The Morgan fingerprint density at radius 2 is 1.63 bits per heavy atom. The fourth-order valence-corrected chi connectivity index (χ4v) is 4.78. The van der Waals surface area contributed by atoms with Crippen molar-refractivity contribution in [1.29, 1.82) is 0 Å². The van der Waals surface area contributed by atoms with Crippen LogP contribution in [0.4, 0.5) is 11.4 Å². The molecular formula is C25H24N2O2S. The summed E-state index contributed by atoms with van der Waals surface area (Å²) in [7, 11) is 1.65. The van der Waals surface area contributed by atoms with E-state index in [1.54, 1.807) is 18.9 Å². The van der Waals surface area contributed by atoms with E-state index in [9.17, 15) is 5.11 Å². The quantitative estimate of drug-likeness (QED) is 0.540. The summed E-state index contributed by atoms with van der Waals surface area (Å²) in [6.07, 6.45) is 2.03. The Morgan fingerprint density at radius 1 is 1.00 bits per heavy atom. The Hall–Kier alpha value is -3.02. The van der Waals surface area contributed by atoms with Crippen LogP contribution in [0.15, 0.2) is 101 Å². The Morgan fingerprint density at radius 3 is 2.27 bits per heavy atom. The van der Waals surface area contributed by atoms with E-state index in [1.807, 2.05) is 103 Å². The summed E-state index contributed by atoms with van der Waals surface area (Å²) in [5.74, 6) is 1.34. The van der Waals surface area contributed by atoms with Crippen LogP contribution in [0, 0.1) is 0 Å². The Bertz CT molecular complexity index is 1050. The van der Waals surface area contributed by atoms with Gasteiger partial charge in [0.25, 0.3) is 0 Å². The highest BCUT2D eigenvalue weighted by Gasteiger charge is 2.44. The number of benzene rings is 3. The van der Waals surface area contributed by atoms with Crippen molar-refractivity contribution in [3.63, 3.8) is 0 Å². The van der Waals surface area contributed by atoms with Crippen LogP contribution >= 0.6 is 11.8 Å². The number of allylic oxidation sites excluding steroid dienone is 1. The highest BCUT2D eigenvalue weighted by atomic mass is 32.2. The molecule has 3 aromatic carbocycles. The van der Waals surface area contributed by atoms with E-state index < -0.39 is 5.72 Å². The lowest BCUT2D eigenvalue weighted by Gasteiger charge is -2.35. The van der Waals surface area contributed by atoms with Gasteiger partial charge in [0.15, 0.2) is 5.72 Å². The maximum Gasteiger partial charge on any atom is 0.178 e. The van der Waals surface area contributed by atoms with Crippen molar-refractivity contribution in [2.24, 2.45) is 4.99 Å². The number of anilines is 1. The van der Waals surface area contributed by atoms with Gasteiger partial charge in [-0.3, -0.25) is 4.99 Å². The van der Waals surface area contributed by atoms with Gasteiger partial charge in [-0.15, -0.1) is 11.8 Å². The van der Waals surface area contributed by atoms with Gasteiger partial charge in [0.1, 0.15) is 5.75 Å². The van der Waals surface area contributed by atoms with Gasteiger partial charge < -0.3 is 14.7 Å². The first-order chi connectivity index (χ1) is 14.6. The van der Waals surface area contributed by atoms with E-state index in [1.165, 1.54) is 0 Å². The number of nitrogens with zero attached hydrogens (tertiary/aromatic N) is 2. The Labute approximate surface area is 181 Å². The summed E-state index contributed by atoms with van der Waals surface area (Å²) in [4.78, 5) is 6.71. The van der Waals surface area contributed by atoms with Crippen LogP contribution in [0.1, 0.15) is 12.5 Å². The summed E-state index contributed by atoms with van der Waals surface area (Å²) in [5, 5.41) is 12.7. The van der Waals surface area contributed by atoms with Gasteiger partial charge in [0.05, 0.1) is 23.6 Å². The smallest absolute Gasteiger partial charge is 0.178 e. The van der Waals surface area contributed by atoms with Crippen LogP contribution in [-0.2, 0) is 5.72 Å². The minimum atomic E-state index is -1.13. The molecule has 1 fully saturated rings. The minimum absolute atomic E-state index is 0.535. The molecule has 4 rings (SSSR count).